The van der Waals surface area contributed by atoms with Gasteiger partial charge < -0.3 is 9.64 Å². The monoisotopic (exact) mass is 263 g/mol. The highest BCUT2D eigenvalue weighted by molar-refractivity contribution is 6.29. The van der Waals surface area contributed by atoms with Gasteiger partial charge in [-0.3, -0.25) is 4.98 Å². The van der Waals surface area contributed by atoms with Crippen molar-refractivity contribution in [3.63, 3.8) is 0 Å². The zero-order valence-electron chi connectivity index (χ0n) is 10.3. The fourth-order valence-electron chi connectivity index (χ4n) is 1.48. The van der Waals surface area contributed by atoms with E-state index in [2.05, 4.69) is 16.0 Å². The van der Waals surface area contributed by atoms with Gasteiger partial charge in [0.05, 0.1) is 12.4 Å². The molecule has 0 radical (unpaired) electrons. The third-order valence-electron chi connectivity index (χ3n) is 2.40. The van der Waals surface area contributed by atoms with Gasteiger partial charge in [0.25, 0.3) is 0 Å². The average Bonchev–Trinajstić information content (AvgIpc) is 2.37. The summed E-state index contributed by atoms with van der Waals surface area (Å²) in [6.07, 6.45) is 3.02. The van der Waals surface area contributed by atoms with Crippen LogP contribution >= 0.6 is 11.6 Å². The standard InChI is InChI=1S/C13H14ClN3O/c1-17(2)11-5-3-4-10(6-11)9-18-13-8-15-7-12(14)16-13/h3-8H,9H2,1-2H3. The number of rotatable bonds is 4. The van der Waals surface area contributed by atoms with Gasteiger partial charge >= 0.3 is 0 Å². The van der Waals surface area contributed by atoms with Gasteiger partial charge in [-0.25, -0.2) is 0 Å². The Hall–Kier alpha value is -1.81. The topological polar surface area (TPSA) is 38.2 Å². The van der Waals surface area contributed by atoms with Crippen LogP contribution in [0.25, 0.3) is 0 Å². The van der Waals surface area contributed by atoms with Crippen molar-refractivity contribution in [2.45, 2.75) is 6.61 Å². The number of anilines is 1. The summed E-state index contributed by atoms with van der Waals surface area (Å²) >= 11 is 5.73. The van der Waals surface area contributed by atoms with E-state index in [4.69, 9.17) is 16.3 Å². The molecule has 0 bridgehead atoms. The van der Waals surface area contributed by atoms with Crippen molar-refractivity contribution in [3.05, 3.63) is 47.4 Å². The molecule has 0 spiro atoms. The average molecular weight is 264 g/mol. The molecule has 0 aliphatic carbocycles. The van der Waals surface area contributed by atoms with Gasteiger partial charge in [0.1, 0.15) is 6.61 Å². The first-order valence-electron chi connectivity index (χ1n) is 5.52. The Bertz CT molecular complexity index is 531. The van der Waals surface area contributed by atoms with Crippen molar-refractivity contribution in [2.75, 3.05) is 19.0 Å². The van der Waals surface area contributed by atoms with Gasteiger partial charge in [-0.1, -0.05) is 23.7 Å². The van der Waals surface area contributed by atoms with E-state index in [1.165, 1.54) is 6.20 Å². The van der Waals surface area contributed by atoms with Crippen LogP contribution in [0.4, 0.5) is 5.69 Å². The minimum absolute atomic E-state index is 0.328. The lowest BCUT2D eigenvalue weighted by atomic mass is 10.2. The zero-order valence-corrected chi connectivity index (χ0v) is 11.1. The van der Waals surface area contributed by atoms with Crippen molar-refractivity contribution in [1.82, 2.24) is 9.97 Å². The molecule has 0 aliphatic heterocycles. The van der Waals surface area contributed by atoms with Crippen LogP contribution in [0.3, 0.4) is 0 Å². The molecule has 0 saturated heterocycles. The van der Waals surface area contributed by atoms with Crippen LogP contribution in [-0.4, -0.2) is 24.1 Å². The summed E-state index contributed by atoms with van der Waals surface area (Å²) in [5, 5.41) is 0.328. The first kappa shape index (κ1) is 12.6. The van der Waals surface area contributed by atoms with Gasteiger partial charge in [-0.2, -0.15) is 4.98 Å². The highest BCUT2D eigenvalue weighted by atomic mass is 35.5. The third-order valence-corrected chi connectivity index (χ3v) is 2.58. The predicted octanol–water partition coefficient (Wildman–Crippen LogP) is 2.78. The first-order valence-corrected chi connectivity index (χ1v) is 5.89. The highest BCUT2D eigenvalue weighted by Crippen LogP contribution is 2.16. The second-order valence-electron chi connectivity index (χ2n) is 4.03. The molecule has 2 rings (SSSR count). The van der Waals surface area contributed by atoms with Gasteiger partial charge in [-0.05, 0) is 17.7 Å². The summed E-state index contributed by atoms with van der Waals surface area (Å²) in [5.41, 5.74) is 2.20. The molecule has 4 nitrogen and oxygen atoms in total. The van der Waals surface area contributed by atoms with Gasteiger partial charge in [0.2, 0.25) is 5.88 Å². The fourth-order valence-corrected chi connectivity index (χ4v) is 1.62. The normalized spacial score (nSPS) is 10.2. The molecule has 0 saturated carbocycles. The Morgan fingerprint density at radius 3 is 2.83 bits per heavy atom. The molecule has 0 unspecified atom stereocenters. The molecule has 0 N–H and O–H groups in total. The molecular weight excluding hydrogens is 250 g/mol. The molecular formula is C13H14ClN3O. The molecule has 1 heterocycles. The maximum absolute atomic E-state index is 5.73. The predicted molar refractivity (Wildman–Crippen MR) is 72.1 cm³/mol. The van der Waals surface area contributed by atoms with E-state index < -0.39 is 0 Å². The van der Waals surface area contributed by atoms with Crippen LogP contribution in [0.5, 0.6) is 5.88 Å². The SMILES string of the molecule is CN(C)c1cccc(COc2cncc(Cl)n2)c1. The van der Waals surface area contributed by atoms with E-state index in [-0.39, 0.29) is 0 Å². The largest absolute Gasteiger partial charge is 0.472 e. The Morgan fingerprint density at radius 2 is 2.11 bits per heavy atom. The summed E-state index contributed by atoms with van der Waals surface area (Å²) in [6, 6.07) is 8.11. The number of benzene rings is 1. The van der Waals surface area contributed by atoms with Crippen LogP contribution in [-0.2, 0) is 6.61 Å². The molecule has 1 aromatic carbocycles. The van der Waals surface area contributed by atoms with Crippen molar-refractivity contribution >= 4 is 17.3 Å². The second kappa shape index (κ2) is 5.69. The lowest BCUT2D eigenvalue weighted by Gasteiger charge is -2.13. The Labute approximate surface area is 111 Å². The third kappa shape index (κ3) is 3.34. The summed E-state index contributed by atoms with van der Waals surface area (Å²) in [7, 11) is 4.00. The number of hydrogen-bond acceptors (Lipinski definition) is 4. The molecule has 2 aromatic rings. The fraction of sp³-hybridized carbons (Fsp3) is 0.231. The van der Waals surface area contributed by atoms with Crippen LogP contribution in [0.2, 0.25) is 5.15 Å². The van der Waals surface area contributed by atoms with Crippen molar-refractivity contribution in [1.29, 1.82) is 0 Å². The maximum atomic E-state index is 5.73. The first-order chi connectivity index (χ1) is 8.65. The number of aromatic nitrogens is 2. The van der Waals surface area contributed by atoms with Gasteiger partial charge in [0.15, 0.2) is 5.15 Å². The lowest BCUT2D eigenvalue weighted by molar-refractivity contribution is 0.292. The van der Waals surface area contributed by atoms with Gasteiger partial charge in [-0.15, -0.1) is 0 Å². The summed E-state index contributed by atoms with van der Waals surface area (Å²) in [6.45, 7) is 0.441. The molecule has 0 atom stereocenters. The molecule has 94 valence electrons. The van der Waals surface area contributed by atoms with Crippen molar-refractivity contribution < 1.29 is 4.74 Å². The van der Waals surface area contributed by atoms with E-state index >= 15 is 0 Å². The van der Waals surface area contributed by atoms with Crippen LogP contribution in [0.1, 0.15) is 5.56 Å². The van der Waals surface area contributed by atoms with Crippen LogP contribution < -0.4 is 9.64 Å². The number of halogens is 1. The quantitative estimate of drug-likeness (QED) is 0.850. The molecule has 18 heavy (non-hydrogen) atoms. The summed E-state index contributed by atoms with van der Waals surface area (Å²) in [4.78, 5) is 9.98. The molecule has 0 fully saturated rings. The number of ether oxygens (including phenoxy) is 1. The Morgan fingerprint density at radius 1 is 1.28 bits per heavy atom. The summed E-state index contributed by atoms with van der Waals surface area (Å²) in [5.74, 6) is 0.428. The minimum atomic E-state index is 0.328. The molecule has 0 aliphatic rings. The molecule has 1 aromatic heterocycles. The number of nitrogens with zero attached hydrogens (tertiary/aromatic N) is 3. The van der Waals surface area contributed by atoms with E-state index in [9.17, 15) is 0 Å². The van der Waals surface area contributed by atoms with Crippen LogP contribution in [0.15, 0.2) is 36.7 Å². The van der Waals surface area contributed by atoms with Gasteiger partial charge in [0, 0.05) is 19.8 Å². The lowest BCUT2D eigenvalue weighted by Crippen LogP contribution is -2.09. The highest BCUT2D eigenvalue weighted by Gasteiger charge is 2.01. The van der Waals surface area contributed by atoms with Crippen molar-refractivity contribution in [3.8, 4) is 5.88 Å². The second-order valence-corrected chi connectivity index (χ2v) is 4.42. The molecule has 0 amide bonds. The molecule has 5 heteroatoms. The van der Waals surface area contributed by atoms with Crippen molar-refractivity contribution in [2.24, 2.45) is 0 Å². The van der Waals surface area contributed by atoms with E-state index in [0.717, 1.165) is 11.3 Å². The Balaban J connectivity index is 2.04. The minimum Gasteiger partial charge on any atom is -0.472 e. The smallest absolute Gasteiger partial charge is 0.234 e. The zero-order chi connectivity index (χ0) is 13.0. The number of hydrogen-bond donors (Lipinski definition) is 0. The summed E-state index contributed by atoms with van der Waals surface area (Å²) < 4.78 is 5.53. The Kier molecular flexibility index (Phi) is 3.99. The van der Waals surface area contributed by atoms with E-state index in [1.54, 1.807) is 6.20 Å². The van der Waals surface area contributed by atoms with E-state index in [1.807, 2.05) is 37.2 Å². The van der Waals surface area contributed by atoms with E-state index in [0.29, 0.717) is 17.6 Å². The van der Waals surface area contributed by atoms with Crippen LogP contribution in [0, 0.1) is 0 Å². The maximum Gasteiger partial charge on any atom is 0.234 e.